The first kappa shape index (κ1) is 19.0. The van der Waals surface area contributed by atoms with Crippen LogP contribution in [-0.2, 0) is 7.05 Å². The van der Waals surface area contributed by atoms with Crippen LogP contribution >= 0.6 is 11.3 Å². The molecule has 0 spiro atoms. The van der Waals surface area contributed by atoms with Crippen molar-refractivity contribution in [2.75, 3.05) is 11.9 Å². The smallest absolute Gasteiger partial charge is 0.267 e. The predicted molar refractivity (Wildman–Crippen MR) is 109 cm³/mol. The largest absolute Gasteiger partial charge is 0.438 e. The van der Waals surface area contributed by atoms with Crippen LogP contribution in [0, 0.1) is 0 Å². The van der Waals surface area contributed by atoms with Crippen LogP contribution in [0.4, 0.5) is 5.69 Å². The van der Waals surface area contributed by atoms with E-state index < -0.39 is 0 Å². The number of thiazole rings is 1. The molecular formula is C21H27N2OS+. The van der Waals surface area contributed by atoms with Gasteiger partial charge in [-0.05, 0) is 18.2 Å². The highest BCUT2D eigenvalue weighted by molar-refractivity contribution is 7.18. The molecule has 0 radical (unpaired) electrons. The Morgan fingerprint density at radius 1 is 0.960 bits per heavy atom. The van der Waals surface area contributed by atoms with Crippen LogP contribution in [0.1, 0.15) is 32.7 Å². The highest BCUT2D eigenvalue weighted by atomic mass is 32.1. The summed E-state index contributed by atoms with van der Waals surface area (Å²) in [6.45, 7) is 8.00. The average Bonchev–Trinajstić information content (AvgIpc) is 3.17. The van der Waals surface area contributed by atoms with Crippen molar-refractivity contribution >= 4 is 33.3 Å². The van der Waals surface area contributed by atoms with E-state index in [1.165, 1.54) is 15.2 Å². The standard InChI is InChI=1S/C17H15N2OS.2C2H6/c1-18-12-7-3-5-9-14(12)20-16(18)11-17-19(2)13-8-4-6-10-15(13)21-17;2*1-2/h3-11H,1-2H3;2*1-2H3/q+1;;. The maximum atomic E-state index is 5.95. The van der Waals surface area contributed by atoms with Gasteiger partial charge in [0.25, 0.3) is 5.01 Å². The zero-order valence-electron chi connectivity index (χ0n) is 15.9. The quantitative estimate of drug-likeness (QED) is 0.528. The molecule has 25 heavy (non-hydrogen) atoms. The molecule has 3 aromatic rings. The molecule has 0 unspecified atom stereocenters. The van der Waals surface area contributed by atoms with Crippen LogP contribution in [0.3, 0.4) is 0 Å². The van der Waals surface area contributed by atoms with E-state index in [2.05, 4.69) is 52.9 Å². The Morgan fingerprint density at radius 3 is 2.28 bits per heavy atom. The van der Waals surface area contributed by atoms with Gasteiger partial charge in [0.15, 0.2) is 5.75 Å². The van der Waals surface area contributed by atoms with Gasteiger partial charge in [0.2, 0.25) is 11.4 Å². The first-order valence-electron chi connectivity index (χ1n) is 8.84. The number of rotatable bonds is 1. The lowest BCUT2D eigenvalue weighted by Crippen LogP contribution is -2.29. The number of hydrogen-bond acceptors (Lipinski definition) is 3. The molecule has 2 heterocycles. The Morgan fingerprint density at radius 2 is 1.60 bits per heavy atom. The second-order valence-electron chi connectivity index (χ2n) is 5.08. The summed E-state index contributed by atoms with van der Waals surface area (Å²) in [6, 6.07) is 16.5. The first-order chi connectivity index (χ1) is 12.2. The molecule has 4 heteroatoms. The van der Waals surface area contributed by atoms with Gasteiger partial charge in [0.1, 0.15) is 11.7 Å². The molecule has 0 bridgehead atoms. The maximum absolute atomic E-state index is 5.95. The lowest BCUT2D eigenvalue weighted by molar-refractivity contribution is -0.642. The Balaban J connectivity index is 0.000000528. The van der Waals surface area contributed by atoms with E-state index in [0.29, 0.717) is 0 Å². The Kier molecular flexibility index (Phi) is 6.59. The minimum Gasteiger partial charge on any atom is -0.438 e. The minimum atomic E-state index is 0.860. The molecule has 2 aromatic carbocycles. The van der Waals surface area contributed by atoms with Crippen molar-refractivity contribution in [1.82, 2.24) is 0 Å². The number of benzene rings is 2. The summed E-state index contributed by atoms with van der Waals surface area (Å²) in [6.07, 6.45) is 2.10. The van der Waals surface area contributed by atoms with Gasteiger partial charge >= 0.3 is 0 Å². The molecule has 1 aliphatic heterocycles. The van der Waals surface area contributed by atoms with Crippen LogP contribution in [0.5, 0.6) is 5.75 Å². The normalized spacial score (nSPS) is 13.5. The summed E-state index contributed by atoms with van der Waals surface area (Å²) in [4.78, 5) is 2.08. The Labute approximate surface area is 154 Å². The SMILES string of the molecule is CC.CC.CN1C(=Cc2sc3ccccc3[n+]2C)Oc2ccccc21. The fourth-order valence-corrected chi connectivity index (χ4v) is 3.68. The summed E-state index contributed by atoms with van der Waals surface area (Å²) in [7, 11) is 4.12. The molecule has 0 atom stereocenters. The van der Waals surface area contributed by atoms with Crippen LogP contribution in [0.25, 0.3) is 16.3 Å². The topological polar surface area (TPSA) is 16.4 Å². The van der Waals surface area contributed by atoms with E-state index in [-0.39, 0.29) is 0 Å². The molecule has 132 valence electrons. The van der Waals surface area contributed by atoms with E-state index in [1.807, 2.05) is 52.9 Å². The predicted octanol–water partition coefficient (Wildman–Crippen LogP) is 5.61. The number of aromatic nitrogens is 1. The molecular weight excluding hydrogens is 328 g/mol. The van der Waals surface area contributed by atoms with Crippen molar-refractivity contribution in [3.63, 3.8) is 0 Å². The average molecular weight is 356 g/mol. The molecule has 0 N–H and O–H groups in total. The number of fused-ring (bicyclic) bond motifs is 2. The van der Waals surface area contributed by atoms with Gasteiger partial charge in [-0.25, -0.2) is 0 Å². The second-order valence-corrected chi connectivity index (χ2v) is 6.14. The minimum absolute atomic E-state index is 0.860. The fraction of sp³-hybridized carbons (Fsp3) is 0.286. The number of para-hydroxylation sites is 3. The van der Waals surface area contributed by atoms with Crippen LogP contribution in [0.2, 0.25) is 0 Å². The molecule has 0 aliphatic carbocycles. The van der Waals surface area contributed by atoms with Crippen molar-refractivity contribution in [1.29, 1.82) is 0 Å². The van der Waals surface area contributed by atoms with Gasteiger partial charge in [-0.1, -0.05) is 63.3 Å². The van der Waals surface area contributed by atoms with Crippen molar-refractivity contribution < 1.29 is 9.30 Å². The van der Waals surface area contributed by atoms with Gasteiger partial charge in [-0.3, -0.25) is 0 Å². The number of aryl methyl sites for hydroxylation is 1. The summed E-state index contributed by atoms with van der Waals surface area (Å²) in [5.74, 6) is 1.77. The third-order valence-electron chi connectivity index (χ3n) is 3.79. The van der Waals surface area contributed by atoms with Crippen molar-refractivity contribution in [2.24, 2.45) is 7.05 Å². The van der Waals surface area contributed by atoms with E-state index in [4.69, 9.17) is 4.74 Å². The number of nitrogens with zero attached hydrogens (tertiary/aromatic N) is 2. The lowest BCUT2D eigenvalue weighted by atomic mass is 10.3. The third kappa shape index (κ3) is 3.69. The summed E-state index contributed by atoms with van der Waals surface area (Å²) >= 11 is 1.77. The van der Waals surface area contributed by atoms with Crippen LogP contribution < -0.4 is 14.2 Å². The number of anilines is 1. The number of ether oxygens (including phenoxy) is 1. The molecule has 0 saturated heterocycles. The van der Waals surface area contributed by atoms with Crippen LogP contribution in [-0.4, -0.2) is 7.05 Å². The molecule has 0 saturated carbocycles. The zero-order chi connectivity index (χ0) is 18.4. The lowest BCUT2D eigenvalue weighted by Gasteiger charge is -2.09. The first-order valence-corrected chi connectivity index (χ1v) is 9.65. The van der Waals surface area contributed by atoms with Gasteiger partial charge in [-0.15, -0.1) is 0 Å². The molecule has 3 nitrogen and oxygen atoms in total. The van der Waals surface area contributed by atoms with Crippen molar-refractivity contribution in [2.45, 2.75) is 27.7 Å². The van der Waals surface area contributed by atoms with Gasteiger partial charge < -0.3 is 9.64 Å². The Bertz CT molecular complexity index is 867. The maximum Gasteiger partial charge on any atom is 0.267 e. The number of hydrogen-bond donors (Lipinski definition) is 0. The monoisotopic (exact) mass is 355 g/mol. The van der Waals surface area contributed by atoms with Crippen LogP contribution in [0.15, 0.2) is 54.4 Å². The van der Waals surface area contributed by atoms with E-state index >= 15 is 0 Å². The third-order valence-corrected chi connectivity index (χ3v) is 4.96. The van der Waals surface area contributed by atoms with Gasteiger partial charge in [-0.2, -0.15) is 4.57 Å². The van der Waals surface area contributed by atoms with E-state index in [9.17, 15) is 0 Å². The van der Waals surface area contributed by atoms with Gasteiger partial charge in [0, 0.05) is 13.1 Å². The Hall–Kier alpha value is -2.33. The zero-order valence-corrected chi connectivity index (χ0v) is 16.7. The molecule has 1 aliphatic rings. The van der Waals surface area contributed by atoms with Gasteiger partial charge in [0.05, 0.1) is 11.8 Å². The highest BCUT2D eigenvalue weighted by Gasteiger charge is 2.25. The molecule has 1 aromatic heterocycles. The van der Waals surface area contributed by atoms with E-state index in [1.54, 1.807) is 11.3 Å². The molecule has 0 fully saturated rings. The fourth-order valence-electron chi connectivity index (χ4n) is 2.60. The molecule has 4 rings (SSSR count). The summed E-state index contributed by atoms with van der Waals surface area (Å²) in [5.41, 5.74) is 2.35. The molecule has 0 amide bonds. The van der Waals surface area contributed by atoms with E-state index in [0.717, 1.165) is 17.3 Å². The highest BCUT2D eigenvalue weighted by Crippen LogP contribution is 2.38. The van der Waals surface area contributed by atoms with Crippen molar-refractivity contribution in [3.05, 3.63) is 59.4 Å². The second kappa shape index (κ2) is 8.67. The van der Waals surface area contributed by atoms with Crippen molar-refractivity contribution in [3.8, 4) is 5.75 Å². The summed E-state index contributed by atoms with van der Waals surface area (Å²) in [5, 5.41) is 1.17. The summed E-state index contributed by atoms with van der Waals surface area (Å²) < 4.78 is 9.44.